The summed E-state index contributed by atoms with van der Waals surface area (Å²) in [4.78, 5) is 24.3. The zero-order valence-corrected chi connectivity index (χ0v) is 18.1. The molecule has 0 saturated heterocycles. The van der Waals surface area contributed by atoms with Crippen molar-refractivity contribution < 1.29 is 18.3 Å². The monoisotopic (exact) mass is 443 g/mol. The first-order chi connectivity index (χ1) is 14.8. The van der Waals surface area contributed by atoms with Crippen LogP contribution in [-0.4, -0.2) is 40.5 Å². The van der Waals surface area contributed by atoms with Crippen LogP contribution in [0.2, 0.25) is 0 Å². The summed E-state index contributed by atoms with van der Waals surface area (Å²) >= 11 is 0. The van der Waals surface area contributed by atoms with Crippen LogP contribution in [-0.2, 0) is 14.6 Å². The van der Waals surface area contributed by atoms with E-state index in [1.165, 1.54) is 6.07 Å². The number of aryl methyl sites for hydroxylation is 1. The maximum atomic E-state index is 13.3. The number of amides is 1. The zero-order valence-electron chi connectivity index (χ0n) is 17.3. The number of carbonyl (C=O) groups is 1. The Morgan fingerprint density at radius 2 is 2.06 bits per heavy atom. The molecule has 1 aliphatic carbocycles. The van der Waals surface area contributed by atoms with Gasteiger partial charge in [-0.1, -0.05) is 25.5 Å². The van der Waals surface area contributed by atoms with Gasteiger partial charge in [0.2, 0.25) is 20.8 Å². The van der Waals surface area contributed by atoms with Gasteiger partial charge in [-0.25, -0.2) is 18.4 Å². The number of hydrogen-bond acceptors (Lipinski definition) is 7. The van der Waals surface area contributed by atoms with E-state index in [1.807, 2.05) is 6.92 Å². The molecule has 1 amide bonds. The van der Waals surface area contributed by atoms with Crippen molar-refractivity contribution in [2.75, 3.05) is 5.43 Å². The molecule has 1 fully saturated rings. The average molecular weight is 444 g/mol. The van der Waals surface area contributed by atoms with Gasteiger partial charge in [-0.3, -0.25) is 15.6 Å². The average Bonchev–Trinajstić information content (AvgIpc) is 3.36. The number of carbonyl (C=O) groups excluding carboxylic acids is 1. The third kappa shape index (κ3) is 4.13. The van der Waals surface area contributed by atoms with E-state index in [0.717, 1.165) is 12.0 Å². The number of nitrogens with one attached hydrogen (secondary N) is 3. The topological polar surface area (TPSA) is 137 Å². The molecule has 4 rings (SSSR count). The highest BCUT2D eigenvalue weighted by Crippen LogP contribution is 2.34. The Morgan fingerprint density at radius 3 is 2.81 bits per heavy atom. The molecule has 3 unspecified atom stereocenters. The molecule has 1 aliphatic rings. The molecule has 0 radical (unpaired) electrons. The van der Waals surface area contributed by atoms with Crippen molar-refractivity contribution >= 4 is 32.7 Å². The van der Waals surface area contributed by atoms with Gasteiger partial charge in [0.25, 0.3) is 0 Å². The number of H-pyrrole nitrogens is 1. The van der Waals surface area contributed by atoms with Gasteiger partial charge < -0.3 is 10.1 Å². The van der Waals surface area contributed by atoms with Crippen LogP contribution < -0.4 is 10.9 Å². The van der Waals surface area contributed by atoms with E-state index in [1.54, 1.807) is 37.4 Å². The van der Waals surface area contributed by atoms with Gasteiger partial charge in [0.15, 0.2) is 11.5 Å². The molecule has 10 heteroatoms. The van der Waals surface area contributed by atoms with E-state index in [2.05, 4.69) is 25.8 Å². The lowest BCUT2D eigenvalue weighted by atomic mass is 9.93. The molecule has 2 aromatic heterocycles. The summed E-state index contributed by atoms with van der Waals surface area (Å²) in [5, 5.41) is 9.64. The van der Waals surface area contributed by atoms with E-state index in [4.69, 9.17) is 0 Å². The number of benzene rings is 1. The lowest BCUT2D eigenvalue weighted by Gasteiger charge is -2.18. The predicted molar refractivity (Wildman–Crippen MR) is 115 cm³/mol. The molecular weight excluding hydrogens is 418 g/mol. The molecular formula is C21H25N5O4S. The zero-order chi connectivity index (χ0) is 22.2. The van der Waals surface area contributed by atoms with Crippen LogP contribution in [0.15, 0.2) is 46.5 Å². The third-order valence-electron chi connectivity index (χ3n) is 5.74. The van der Waals surface area contributed by atoms with Crippen LogP contribution >= 0.6 is 0 Å². The second-order valence-corrected chi connectivity index (χ2v) is 9.79. The van der Waals surface area contributed by atoms with E-state index >= 15 is 0 Å². The molecule has 2 heterocycles. The number of hydrogen-bond donors (Lipinski definition) is 4. The largest absolute Gasteiger partial charge is 0.393 e. The number of hydrazine groups is 1. The van der Waals surface area contributed by atoms with Crippen LogP contribution in [0.4, 0.5) is 5.82 Å². The van der Waals surface area contributed by atoms with E-state index in [-0.39, 0.29) is 33.5 Å². The molecule has 1 aromatic carbocycles. The smallest absolute Gasteiger partial charge is 0.241 e. The van der Waals surface area contributed by atoms with Crippen molar-refractivity contribution in [1.29, 1.82) is 0 Å². The minimum atomic E-state index is -4.00. The fourth-order valence-corrected chi connectivity index (χ4v) is 5.48. The standard InChI is InChI=1S/C21H25N5O4S/c1-3-13-10-14(27)11-16(13)20(28)26-25-19-21(24-18-17(23-19)7-8-22-18)31(29,30)15-6-4-5-12(2)9-15/h4-9,13-14,16,27H,3,10-11H2,1-2H3,(H,22,24)(H,23,25)(H,26,28). The number of aliphatic hydroxyl groups is 1. The van der Waals surface area contributed by atoms with Crippen LogP contribution in [0.1, 0.15) is 31.7 Å². The highest BCUT2D eigenvalue weighted by Gasteiger charge is 2.37. The van der Waals surface area contributed by atoms with Crippen LogP contribution in [0.5, 0.6) is 0 Å². The van der Waals surface area contributed by atoms with Gasteiger partial charge in [0.05, 0.1) is 11.0 Å². The second kappa shape index (κ2) is 8.27. The first kappa shape index (κ1) is 21.3. The minimum absolute atomic E-state index is 0.0615. The van der Waals surface area contributed by atoms with Crippen LogP contribution in [0.3, 0.4) is 0 Å². The summed E-state index contributed by atoms with van der Waals surface area (Å²) in [5.74, 6) is -0.648. The summed E-state index contributed by atoms with van der Waals surface area (Å²) in [5.41, 5.74) is 6.84. The first-order valence-corrected chi connectivity index (χ1v) is 11.7. The highest BCUT2D eigenvalue weighted by molar-refractivity contribution is 7.91. The van der Waals surface area contributed by atoms with Gasteiger partial charge in [-0.2, -0.15) is 0 Å². The molecule has 164 valence electrons. The van der Waals surface area contributed by atoms with Crippen molar-refractivity contribution in [3.05, 3.63) is 42.1 Å². The Kier molecular flexibility index (Phi) is 5.67. The van der Waals surface area contributed by atoms with Crippen molar-refractivity contribution in [1.82, 2.24) is 20.4 Å². The van der Waals surface area contributed by atoms with Crippen molar-refractivity contribution in [3.63, 3.8) is 0 Å². The van der Waals surface area contributed by atoms with Gasteiger partial charge in [0, 0.05) is 12.1 Å². The van der Waals surface area contributed by atoms with Crippen molar-refractivity contribution in [2.45, 2.75) is 49.1 Å². The van der Waals surface area contributed by atoms with Crippen molar-refractivity contribution in [2.24, 2.45) is 11.8 Å². The van der Waals surface area contributed by atoms with Gasteiger partial charge in [-0.15, -0.1) is 0 Å². The molecule has 1 saturated carbocycles. The van der Waals surface area contributed by atoms with Gasteiger partial charge in [-0.05, 0) is 49.4 Å². The summed E-state index contributed by atoms with van der Waals surface area (Å²) in [6.45, 7) is 3.78. The first-order valence-electron chi connectivity index (χ1n) is 10.2. The Labute approximate surface area is 180 Å². The SMILES string of the molecule is CCC1CC(O)CC1C(=O)NNc1nc2cc[nH]c2nc1S(=O)(=O)c1cccc(C)c1. The highest BCUT2D eigenvalue weighted by atomic mass is 32.2. The molecule has 31 heavy (non-hydrogen) atoms. The number of anilines is 1. The number of aromatic nitrogens is 3. The minimum Gasteiger partial charge on any atom is -0.393 e. The Bertz CT molecular complexity index is 1220. The molecule has 3 atom stereocenters. The number of sulfone groups is 1. The third-order valence-corrected chi connectivity index (χ3v) is 7.41. The van der Waals surface area contributed by atoms with Crippen molar-refractivity contribution in [3.8, 4) is 0 Å². The number of nitrogens with zero attached hydrogens (tertiary/aromatic N) is 2. The fraction of sp³-hybridized carbons (Fsp3) is 0.381. The van der Waals surface area contributed by atoms with E-state index in [9.17, 15) is 18.3 Å². The lowest BCUT2D eigenvalue weighted by Crippen LogP contribution is -2.37. The predicted octanol–water partition coefficient (Wildman–Crippen LogP) is 2.34. The summed E-state index contributed by atoms with van der Waals surface area (Å²) in [6, 6.07) is 8.19. The Balaban J connectivity index is 1.67. The summed E-state index contributed by atoms with van der Waals surface area (Å²) in [6.07, 6.45) is 2.84. The lowest BCUT2D eigenvalue weighted by molar-refractivity contribution is -0.125. The van der Waals surface area contributed by atoms with Gasteiger partial charge >= 0.3 is 0 Å². The normalized spacial score (nSPS) is 21.3. The number of aliphatic hydroxyl groups excluding tert-OH is 1. The molecule has 0 bridgehead atoms. The maximum Gasteiger partial charge on any atom is 0.241 e. The number of aromatic amines is 1. The molecule has 0 spiro atoms. The molecule has 9 nitrogen and oxygen atoms in total. The quantitative estimate of drug-likeness (QED) is 0.429. The molecule has 0 aliphatic heterocycles. The summed E-state index contributed by atoms with van der Waals surface area (Å²) < 4.78 is 26.6. The second-order valence-electron chi connectivity index (χ2n) is 7.92. The Hall–Kier alpha value is -2.98. The maximum absolute atomic E-state index is 13.3. The van der Waals surface area contributed by atoms with E-state index in [0.29, 0.717) is 24.0 Å². The number of fused-ring (bicyclic) bond motifs is 1. The molecule has 4 N–H and O–H groups in total. The Morgan fingerprint density at radius 1 is 1.26 bits per heavy atom. The summed E-state index contributed by atoms with van der Waals surface area (Å²) in [7, 11) is -4.00. The number of rotatable bonds is 6. The molecule has 3 aromatic rings. The van der Waals surface area contributed by atoms with Gasteiger partial charge in [0.1, 0.15) is 5.52 Å². The van der Waals surface area contributed by atoms with Crippen LogP contribution in [0.25, 0.3) is 11.2 Å². The fourth-order valence-electron chi connectivity index (χ4n) is 4.10. The van der Waals surface area contributed by atoms with E-state index < -0.39 is 15.9 Å². The van der Waals surface area contributed by atoms with Crippen LogP contribution in [0, 0.1) is 18.8 Å².